The lowest BCUT2D eigenvalue weighted by atomic mass is 10.2. The van der Waals surface area contributed by atoms with Crippen LogP contribution in [0.3, 0.4) is 0 Å². The molecule has 2 rings (SSSR count). The molecule has 0 fully saturated rings. The Morgan fingerprint density at radius 3 is 1.71 bits per heavy atom. The Kier molecular flexibility index (Phi) is 3.14. The van der Waals surface area contributed by atoms with E-state index in [1.165, 1.54) is 22.7 Å². The second-order valence-electron chi connectivity index (χ2n) is 2.67. The summed E-state index contributed by atoms with van der Waals surface area (Å²) in [4.78, 5) is 1.49. The number of thiophene rings is 2. The monoisotopic (exact) mass is 264 g/mol. The molecular weight excluding hydrogens is 259 g/mol. The summed E-state index contributed by atoms with van der Waals surface area (Å²) < 4.78 is 0. The maximum Gasteiger partial charge on any atom is 0.125 e. The predicted molar refractivity (Wildman–Crippen MR) is 62.7 cm³/mol. The highest BCUT2D eigenvalue weighted by Crippen LogP contribution is 2.38. The molecular formula is C9H6Cl2OS2. The molecule has 0 saturated heterocycles. The third-order valence-electron chi connectivity index (χ3n) is 1.79. The van der Waals surface area contributed by atoms with Gasteiger partial charge < -0.3 is 5.11 Å². The summed E-state index contributed by atoms with van der Waals surface area (Å²) in [6.45, 7) is 0. The van der Waals surface area contributed by atoms with Gasteiger partial charge in [0, 0.05) is 0 Å². The van der Waals surface area contributed by atoms with E-state index in [-0.39, 0.29) is 0 Å². The van der Waals surface area contributed by atoms with E-state index < -0.39 is 6.10 Å². The number of aliphatic hydroxyl groups is 1. The predicted octanol–water partition coefficient (Wildman–Crippen LogP) is 4.20. The van der Waals surface area contributed by atoms with Crippen LogP contribution in [0, 0.1) is 0 Å². The van der Waals surface area contributed by atoms with E-state index in [0.717, 1.165) is 9.75 Å². The third kappa shape index (κ3) is 1.83. The molecule has 1 nitrogen and oxygen atoms in total. The average molecular weight is 265 g/mol. The molecule has 0 aromatic carbocycles. The number of hydrogen-bond donors (Lipinski definition) is 1. The minimum Gasteiger partial charge on any atom is -0.382 e. The van der Waals surface area contributed by atoms with E-state index in [1.54, 1.807) is 12.1 Å². The molecule has 0 bridgehead atoms. The summed E-state index contributed by atoms with van der Waals surface area (Å²) in [6.07, 6.45) is -0.699. The first-order valence-corrected chi connectivity index (χ1v) is 6.35. The molecule has 2 aromatic rings. The van der Waals surface area contributed by atoms with E-state index in [2.05, 4.69) is 0 Å². The van der Waals surface area contributed by atoms with Gasteiger partial charge in [0.1, 0.15) is 6.10 Å². The molecule has 0 aliphatic heterocycles. The second kappa shape index (κ2) is 4.21. The van der Waals surface area contributed by atoms with Gasteiger partial charge in [-0.05, 0) is 22.9 Å². The molecule has 2 aromatic heterocycles. The molecule has 0 atom stereocenters. The van der Waals surface area contributed by atoms with Crippen LogP contribution >= 0.6 is 45.9 Å². The Balaban J connectivity index is 2.38. The van der Waals surface area contributed by atoms with E-state index in [1.807, 2.05) is 10.8 Å². The van der Waals surface area contributed by atoms with E-state index in [0.29, 0.717) is 10.0 Å². The molecule has 1 N–H and O–H groups in total. The third-order valence-corrected chi connectivity index (χ3v) is 4.61. The van der Waals surface area contributed by atoms with Gasteiger partial charge in [0.05, 0.1) is 19.8 Å². The summed E-state index contributed by atoms with van der Waals surface area (Å²) in [7, 11) is 0. The van der Waals surface area contributed by atoms with Gasteiger partial charge in [0.15, 0.2) is 0 Å². The van der Waals surface area contributed by atoms with Gasteiger partial charge in [-0.15, -0.1) is 22.7 Å². The molecule has 2 heterocycles. The van der Waals surface area contributed by atoms with Crippen molar-refractivity contribution in [3.8, 4) is 0 Å². The van der Waals surface area contributed by atoms with Crippen molar-refractivity contribution in [3.05, 3.63) is 42.7 Å². The van der Waals surface area contributed by atoms with Gasteiger partial charge in [-0.2, -0.15) is 0 Å². The number of aliphatic hydroxyl groups excluding tert-OH is 1. The summed E-state index contributed by atoms with van der Waals surface area (Å²) in [5.74, 6) is 0. The van der Waals surface area contributed by atoms with Crippen LogP contribution in [0.25, 0.3) is 0 Å². The van der Waals surface area contributed by atoms with Gasteiger partial charge in [-0.1, -0.05) is 23.2 Å². The van der Waals surface area contributed by atoms with Gasteiger partial charge in [0.2, 0.25) is 0 Å². The minimum atomic E-state index is -0.699. The molecule has 0 spiro atoms. The van der Waals surface area contributed by atoms with Gasteiger partial charge in [-0.25, -0.2) is 0 Å². The van der Waals surface area contributed by atoms with Crippen LogP contribution in [0.4, 0.5) is 0 Å². The van der Waals surface area contributed by atoms with Crippen molar-refractivity contribution < 1.29 is 5.11 Å². The molecule has 74 valence electrons. The molecule has 14 heavy (non-hydrogen) atoms. The fraction of sp³-hybridized carbons (Fsp3) is 0.111. The lowest BCUT2D eigenvalue weighted by Gasteiger charge is -2.07. The van der Waals surface area contributed by atoms with Gasteiger partial charge in [-0.3, -0.25) is 0 Å². The normalized spacial score (nSPS) is 11.1. The summed E-state index contributed by atoms with van der Waals surface area (Å²) >= 11 is 14.7. The zero-order valence-electron chi connectivity index (χ0n) is 6.91. The molecule has 0 radical (unpaired) electrons. The fourth-order valence-electron chi connectivity index (χ4n) is 1.12. The maximum absolute atomic E-state index is 9.98. The van der Waals surface area contributed by atoms with Gasteiger partial charge >= 0.3 is 0 Å². The van der Waals surface area contributed by atoms with Crippen molar-refractivity contribution >= 4 is 45.9 Å². The lowest BCUT2D eigenvalue weighted by molar-refractivity contribution is 0.228. The Morgan fingerprint density at radius 2 is 1.43 bits per heavy atom. The SMILES string of the molecule is OC(c1sccc1Cl)c1sccc1Cl. The van der Waals surface area contributed by atoms with Crippen molar-refractivity contribution in [2.24, 2.45) is 0 Å². The first-order chi connectivity index (χ1) is 6.70. The van der Waals surface area contributed by atoms with Crippen LogP contribution in [0.2, 0.25) is 10.0 Å². The first-order valence-electron chi connectivity index (χ1n) is 3.84. The van der Waals surface area contributed by atoms with Crippen molar-refractivity contribution in [2.75, 3.05) is 0 Å². The molecule has 5 heteroatoms. The Morgan fingerprint density at radius 1 is 1.00 bits per heavy atom. The zero-order valence-corrected chi connectivity index (χ0v) is 10.1. The highest BCUT2D eigenvalue weighted by molar-refractivity contribution is 7.12. The van der Waals surface area contributed by atoms with Crippen molar-refractivity contribution in [1.29, 1.82) is 0 Å². The van der Waals surface area contributed by atoms with Crippen LogP contribution in [-0.4, -0.2) is 5.11 Å². The Hall–Kier alpha value is -0.0600. The fourth-order valence-corrected chi connectivity index (χ4v) is 3.50. The quantitative estimate of drug-likeness (QED) is 0.862. The minimum absolute atomic E-state index is 0.590. The van der Waals surface area contributed by atoms with E-state index >= 15 is 0 Å². The standard InChI is InChI=1S/C9H6Cl2OS2/c10-5-1-3-13-8(5)7(12)9-6(11)2-4-14-9/h1-4,7,12H. The Labute approximate surface area is 99.5 Å². The van der Waals surface area contributed by atoms with Crippen LogP contribution in [-0.2, 0) is 0 Å². The molecule has 0 unspecified atom stereocenters. The molecule has 0 amide bonds. The lowest BCUT2D eigenvalue weighted by Crippen LogP contribution is -1.94. The molecule has 0 aliphatic rings. The largest absolute Gasteiger partial charge is 0.382 e. The van der Waals surface area contributed by atoms with Crippen molar-refractivity contribution in [3.63, 3.8) is 0 Å². The zero-order chi connectivity index (χ0) is 10.1. The number of hydrogen-bond acceptors (Lipinski definition) is 3. The van der Waals surface area contributed by atoms with Gasteiger partial charge in [0.25, 0.3) is 0 Å². The highest BCUT2D eigenvalue weighted by atomic mass is 35.5. The maximum atomic E-state index is 9.98. The summed E-state index contributed by atoms with van der Waals surface area (Å²) in [5, 5.41) is 14.9. The first kappa shape index (κ1) is 10.5. The van der Waals surface area contributed by atoms with E-state index in [4.69, 9.17) is 23.2 Å². The number of halogens is 2. The Bertz CT molecular complexity index is 395. The average Bonchev–Trinajstić information content (AvgIpc) is 2.73. The van der Waals surface area contributed by atoms with Crippen LogP contribution in [0.5, 0.6) is 0 Å². The summed E-state index contributed by atoms with van der Waals surface area (Å²) in [6, 6.07) is 3.54. The molecule has 0 saturated carbocycles. The molecule has 0 aliphatic carbocycles. The summed E-state index contributed by atoms with van der Waals surface area (Å²) in [5.41, 5.74) is 0. The van der Waals surface area contributed by atoms with Crippen LogP contribution in [0.1, 0.15) is 15.9 Å². The topological polar surface area (TPSA) is 20.2 Å². The smallest absolute Gasteiger partial charge is 0.125 e. The van der Waals surface area contributed by atoms with Crippen molar-refractivity contribution in [1.82, 2.24) is 0 Å². The van der Waals surface area contributed by atoms with E-state index in [9.17, 15) is 5.11 Å². The highest BCUT2D eigenvalue weighted by Gasteiger charge is 2.18. The van der Waals surface area contributed by atoms with Crippen LogP contribution in [0.15, 0.2) is 22.9 Å². The number of rotatable bonds is 2. The van der Waals surface area contributed by atoms with Crippen molar-refractivity contribution in [2.45, 2.75) is 6.10 Å². The van der Waals surface area contributed by atoms with Crippen LogP contribution < -0.4 is 0 Å². The second-order valence-corrected chi connectivity index (χ2v) is 5.38.